The van der Waals surface area contributed by atoms with E-state index in [1.54, 1.807) is 42.5 Å². The fourth-order valence-corrected chi connectivity index (χ4v) is 4.49. The second-order valence-electron chi connectivity index (χ2n) is 8.64. The fourth-order valence-electron chi connectivity index (χ4n) is 4.49. The van der Waals surface area contributed by atoms with Crippen molar-refractivity contribution in [1.82, 2.24) is 29.8 Å². The van der Waals surface area contributed by atoms with Crippen molar-refractivity contribution >= 4 is 22.8 Å². The highest BCUT2D eigenvalue weighted by molar-refractivity contribution is 5.99. The van der Waals surface area contributed by atoms with Crippen molar-refractivity contribution in [2.45, 2.75) is 19.0 Å². The second kappa shape index (κ2) is 9.13. The Morgan fingerprint density at radius 1 is 1.05 bits per heavy atom. The predicted octanol–water partition coefficient (Wildman–Crippen LogP) is 1.03. The Labute approximate surface area is 210 Å². The molecule has 4 aromatic heterocycles. The van der Waals surface area contributed by atoms with Crippen molar-refractivity contribution in [3.05, 3.63) is 64.6 Å². The zero-order valence-electron chi connectivity index (χ0n) is 20.2. The average Bonchev–Trinajstić information content (AvgIpc) is 2.93. The van der Waals surface area contributed by atoms with Crippen LogP contribution < -0.4 is 30.0 Å². The second-order valence-corrected chi connectivity index (χ2v) is 8.64. The van der Waals surface area contributed by atoms with Crippen LogP contribution >= 0.6 is 0 Å². The molecule has 0 bridgehead atoms. The number of hydrogen-bond donors (Lipinski definition) is 1. The maximum Gasteiger partial charge on any atom is 0.275 e. The van der Waals surface area contributed by atoms with Gasteiger partial charge >= 0.3 is 0 Å². The summed E-state index contributed by atoms with van der Waals surface area (Å²) < 4.78 is 17.8. The van der Waals surface area contributed by atoms with Gasteiger partial charge in [-0.2, -0.15) is 4.98 Å². The van der Waals surface area contributed by atoms with Crippen LogP contribution in [0.1, 0.15) is 11.4 Å². The Morgan fingerprint density at radius 3 is 2.73 bits per heavy atom. The molecule has 12 heteroatoms. The average molecular weight is 502 g/mol. The summed E-state index contributed by atoms with van der Waals surface area (Å²) in [5.41, 5.74) is 3.06. The Hall–Kier alpha value is -4.58. The van der Waals surface area contributed by atoms with Gasteiger partial charge in [-0.25, -0.2) is 4.98 Å². The van der Waals surface area contributed by atoms with E-state index < -0.39 is 6.04 Å². The van der Waals surface area contributed by atoms with E-state index in [0.29, 0.717) is 66.1 Å². The third-order valence-electron chi connectivity index (χ3n) is 6.38. The van der Waals surface area contributed by atoms with E-state index in [2.05, 4.69) is 25.3 Å². The summed E-state index contributed by atoms with van der Waals surface area (Å²) in [6.45, 7) is 1.37. The van der Waals surface area contributed by atoms with E-state index >= 15 is 0 Å². The number of nitrogens with one attached hydrogen (secondary N) is 1. The van der Waals surface area contributed by atoms with Crippen molar-refractivity contribution in [3.8, 4) is 23.1 Å². The van der Waals surface area contributed by atoms with E-state index in [0.717, 1.165) is 11.4 Å². The third-order valence-corrected chi connectivity index (χ3v) is 6.38. The van der Waals surface area contributed by atoms with Crippen LogP contribution in [0.5, 0.6) is 17.4 Å². The van der Waals surface area contributed by atoms with Gasteiger partial charge in [-0.3, -0.25) is 29.4 Å². The molecule has 0 aromatic carbocycles. The normalized spacial score (nSPS) is 16.5. The molecule has 12 nitrogen and oxygen atoms in total. The Kier molecular flexibility index (Phi) is 5.64. The Morgan fingerprint density at radius 2 is 1.89 bits per heavy atom. The van der Waals surface area contributed by atoms with Gasteiger partial charge in [0.1, 0.15) is 18.7 Å². The highest BCUT2D eigenvalue weighted by Gasteiger charge is 2.32. The molecule has 1 unspecified atom stereocenters. The lowest BCUT2D eigenvalue weighted by Crippen LogP contribution is -2.50. The highest BCUT2D eigenvalue weighted by Crippen LogP contribution is 2.30. The summed E-state index contributed by atoms with van der Waals surface area (Å²) in [5, 5.41) is 3.28. The summed E-state index contributed by atoms with van der Waals surface area (Å²) in [7, 11) is 3.19. The number of carbonyl (C=O) groups is 1. The highest BCUT2D eigenvalue weighted by atomic mass is 16.6. The van der Waals surface area contributed by atoms with E-state index in [1.165, 1.54) is 17.9 Å². The largest absolute Gasteiger partial charge is 0.486 e. The lowest BCUT2D eigenvalue weighted by Gasteiger charge is -2.31. The van der Waals surface area contributed by atoms with Crippen LogP contribution in [0, 0.1) is 0 Å². The van der Waals surface area contributed by atoms with Crippen molar-refractivity contribution in [2.75, 3.05) is 32.3 Å². The summed E-state index contributed by atoms with van der Waals surface area (Å²) >= 11 is 0. The number of anilines is 1. The minimum absolute atomic E-state index is 0.115. The molecular weight excluding hydrogens is 478 g/mol. The first-order valence-electron chi connectivity index (χ1n) is 11.7. The number of hydrogen-bond acceptors (Lipinski definition) is 10. The SMILES string of the molecule is COc1ccc2ncc(=O)n(-c3cnc4c(c3)N(C)C(=O)C(NCc3cc5c(cn3)OCCO5)C4)c2n1. The molecule has 0 saturated carbocycles. The van der Waals surface area contributed by atoms with Gasteiger partial charge in [0.25, 0.3) is 5.56 Å². The van der Waals surface area contributed by atoms with Crippen molar-refractivity contribution in [3.63, 3.8) is 0 Å². The first-order valence-corrected chi connectivity index (χ1v) is 11.7. The van der Waals surface area contributed by atoms with Crippen molar-refractivity contribution < 1.29 is 19.0 Å². The predicted molar refractivity (Wildman–Crippen MR) is 132 cm³/mol. The fraction of sp³-hybridized carbons (Fsp3) is 0.280. The van der Waals surface area contributed by atoms with E-state index in [1.807, 2.05) is 6.07 Å². The number of ether oxygens (including phenoxy) is 3. The number of pyridine rings is 3. The van der Waals surface area contributed by atoms with Crippen LogP contribution in [-0.4, -0.2) is 63.8 Å². The summed E-state index contributed by atoms with van der Waals surface area (Å²) in [4.78, 5) is 45.1. The molecule has 37 heavy (non-hydrogen) atoms. The summed E-state index contributed by atoms with van der Waals surface area (Å²) in [6, 6.07) is 6.50. The molecule has 4 aromatic rings. The van der Waals surface area contributed by atoms with Gasteiger partial charge in [-0.05, 0) is 12.1 Å². The third kappa shape index (κ3) is 4.10. The minimum atomic E-state index is -0.485. The number of amides is 1. The maximum atomic E-state index is 13.2. The van der Waals surface area contributed by atoms with Gasteiger partial charge < -0.3 is 19.1 Å². The van der Waals surface area contributed by atoms with Crippen LogP contribution in [0.2, 0.25) is 0 Å². The number of nitrogens with zero attached hydrogens (tertiary/aromatic N) is 6. The van der Waals surface area contributed by atoms with Gasteiger partial charge in [0, 0.05) is 32.1 Å². The van der Waals surface area contributed by atoms with E-state index in [9.17, 15) is 9.59 Å². The molecule has 188 valence electrons. The van der Waals surface area contributed by atoms with Crippen LogP contribution in [0.15, 0.2) is 47.7 Å². The first-order chi connectivity index (χ1) is 18.0. The molecule has 0 saturated heterocycles. The smallest absolute Gasteiger partial charge is 0.275 e. The lowest BCUT2D eigenvalue weighted by molar-refractivity contribution is -0.120. The number of rotatable bonds is 5. The summed E-state index contributed by atoms with van der Waals surface area (Å²) in [5.74, 6) is 1.51. The standard InChI is InChI=1S/C25H23N7O5/c1-31-19-8-15(32-23(33)13-29-16-3-4-22(35-2)30-24(16)32)11-28-17(19)9-18(25(31)34)27-10-14-7-20-21(12-26-14)37-6-5-36-20/h3-4,7-8,11-13,18,27H,5-6,9-10H2,1-2H3. The molecule has 6 rings (SSSR count). The molecular formula is C25H23N7O5. The zero-order valence-corrected chi connectivity index (χ0v) is 20.2. The maximum absolute atomic E-state index is 13.2. The van der Waals surface area contributed by atoms with Gasteiger partial charge in [0.2, 0.25) is 11.8 Å². The number of fused-ring (bicyclic) bond motifs is 3. The van der Waals surface area contributed by atoms with Crippen LogP contribution in [-0.2, 0) is 17.8 Å². The zero-order chi connectivity index (χ0) is 25.5. The number of aromatic nitrogens is 5. The van der Waals surface area contributed by atoms with Gasteiger partial charge in [-0.15, -0.1) is 0 Å². The molecule has 1 atom stereocenters. The number of likely N-dealkylation sites (N-methyl/N-ethyl adjacent to an activating group) is 1. The van der Waals surface area contributed by atoms with Crippen LogP contribution in [0.25, 0.3) is 16.9 Å². The van der Waals surface area contributed by atoms with E-state index in [4.69, 9.17) is 14.2 Å². The monoisotopic (exact) mass is 501 g/mol. The molecule has 0 aliphatic carbocycles. The first kappa shape index (κ1) is 22.9. The van der Waals surface area contributed by atoms with Crippen molar-refractivity contribution in [1.29, 1.82) is 0 Å². The van der Waals surface area contributed by atoms with Gasteiger partial charge in [0.15, 0.2) is 17.1 Å². The number of methoxy groups -OCH3 is 1. The molecule has 2 aliphatic rings. The van der Waals surface area contributed by atoms with Crippen LogP contribution in [0.4, 0.5) is 5.69 Å². The Bertz CT molecular complexity index is 1590. The minimum Gasteiger partial charge on any atom is -0.486 e. The molecule has 0 radical (unpaired) electrons. The van der Waals surface area contributed by atoms with Crippen molar-refractivity contribution in [2.24, 2.45) is 0 Å². The molecule has 0 fully saturated rings. The van der Waals surface area contributed by atoms with E-state index in [-0.39, 0.29) is 11.5 Å². The van der Waals surface area contributed by atoms with Gasteiger partial charge in [-0.1, -0.05) is 0 Å². The topological polar surface area (TPSA) is 134 Å². The Balaban J connectivity index is 1.27. The number of carbonyl (C=O) groups excluding carboxylic acids is 1. The van der Waals surface area contributed by atoms with Crippen LogP contribution in [0.3, 0.4) is 0 Å². The van der Waals surface area contributed by atoms with Gasteiger partial charge in [0.05, 0.1) is 54.5 Å². The molecule has 2 aliphatic heterocycles. The summed E-state index contributed by atoms with van der Waals surface area (Å²) in [6.07, 6.45) is 4.86. The molecule has 0 spiro atoms. The molecule has 1 amide bonds. The molecule has 1 N–H and O–H groups in total. The lowest BCUT2D eigenvalue weighted by atomic mass is 10.0. The quantitative estimate of drug-likeness (QED) is 0.423. The molecule has 6 heterocycles.